The van der Waals surface area contributed by atoms with Gasteiger partial charge < -0.3 is 10.1 Å². The first kappa shape index (κ1) is 14.0. The van der Waals surface area contributed by atoms with Crippen LogP contribution in [-0.4, -0.2) is 35.4 Å². The highest BCUT2D eigenvalue weighted by Crippen LogP contribution is 2.27. The van der Waals surface area contributed by atoms with Gasteiger partial charge in [0.05, 0.1) is 6.61 Å². The first-order valence-corrected chi connectivity index (χ1v) is 6.95. The molecule has 1 heterocycles. The monoisotopic (exact) mass is 278 g/mol. The van der Waals surface area contributed by atoms with Crippen molar-refractivity contribution in [1.29, 1.82) is 0 Å². The van der Waals surface area contributed by atoms with Crippen molar-refractivity contribution < 1.29 is 4.74 Å². The highest BCUT2D eigenvalue weighted by molar-refractivity contribution is 7.99. The second-order valence-electron chi connectivity index (χ2n) is 4.08. The molecular weight excluding hydrogens is 260 g/mol. The summed E-state index contributed by atoms with van der Waals surface area (Å²) in [6.07, 6.45) is 0. The summed E-state index contributed by atoms with van der Waals surface area (Å²) in [5.74, 6) is 0.832. The van der Waals surface area contributed by atoms with Gasteiger partial charge in [-0.25, -0.2) is 4.98 Å². The maximum Gasteiger partial charge on any atom is 0.213 e. The Morgan fingerprint density at radius 3 is 2.95 bits per heavy atom. The lowest BCUT2D eigenvalue weighted by atomic mass is 10.2. The number of nitrogens with one attached hydrogen (secondary N) is 2. The maximum atomic E-state index is 5.02. The van der Waals surface area contributed by atoms with E-state index in [2.05, 4.69) is 32.6 Å². The van der Waals surface area contributed by atoms with Gasteiger partial charge in [0, 0.05) is 25.1 Å². The Morgan fingerprint density at radius 1 is 1.37 bits per heavy atom. The van der Waals surface area contributed by atoms with Gasteiger partial charge in [0.1, 0.15) is 5.82 Å². The van der Waals surface area contributed by atoms with Crippen molar-refractivity contribution in [3.05, 3.63) is 35.7 Å². The fourth-order valence-electron chi connectivity index (χ4n) is 1.61. The Bertz CT molecular complexity index is 515. The van der Waals surface area contributed by atoms with Crippen LogP contribution >= 0.6 is 11.8 Å². The summed E-state index contributed by atoms with van der Waals surface area (Å²) in [7, 11) is 1.71. The highest BCUT2D eigenvalue weighted by Gasteiger charge is 2.07. The molecule has 6 heteroatoms. The number of aryl methyl sites for hydroxylation is 1. The molecule has 0 amide bonds. The Kier molecular flexibility index (Phi) is 5.38. The van der Waals surface area contributed by atoms with Gasteiger partial charge in [-0.3, -0.25) is 5.10 Å². The normalized spacial score (nSPS) is 10.8. The first-order valence-electron chi connectivity index (χ1n) is 6.14. The average Bonchev–Trinajstić information content (AvgIpc) is 2.82. The van der Waals surface area contributed by atoms with E-state index in [0.717, 1.165) is 30.7 Å². The summed E-state index contributed by atoms with van der Waals surface area (Å²) in [5.41, 5.74) is 1.24. The molecular formula is C13H18N4OS. The maximum absolute atomic E-state index is 5.02. The van der Waals surface area contributed by atoms with Gasteiger partial charge in [-0.05, 0) is 30.3 Å². The third-order valence-corrected chi connectivity index (χ3v) is 3.53. The molecule has 0 bridgehead atoms. The number of methoxy groups -OCH3 is 1. The van der Waals surface area contributed by atoms with E-state index in [1.807, 2.05) is 19.1 Å². The number of H-pyrrole nitrogens is 1. The van der Waals surface area contributed by atoms with Crippen LogP contribution in [0.5, 0.6) is 0 Å². The molecule has 0 aliphatic heterocycles. The third-order valence-electron chi connectivity index (χ3n) is 2.55. The highest BCUT2D eigenvalue weighted by atomic mass is 32.2. The van der Waals surface area contributed by atoms with E-state index < -0.39 is 0 Å². The predicted molar refractivity (Wildman–Crippen MR) is 75.3 cm³/mol. The van der Waals surface area contributed by atoms with Crippen molar-refractivity contribution in [2.24, 2.45) is 0 Å². The summed E-state index contributed by atoms with van der Waals surface area (Å²) in [4.78, 5) is 5.49. The number of benzene rings is 1. The number of nitrogens with zero attached hydrogens (tertiary/aromatic N) is 2. The van der Waals surface area contributed by atoms with Crippen LogP contribution in [0.15, 0.2) is 34.3 Å². The summed E-state index contributed by atoms with van der Waals surface area (Å²) in [5, 5.41) is 11.1. The van der Waals surface area contributed by atoms with Crippen molar-refractivity contribution >= 4 is 11.8 Å². The van der Waals surface area contributed by atoms with Crippen molar-refractivity contribution in [2.75, 3.05) is 20.3 Å². The van der Waals surface area contributed by atoms with Crippen LogP contribution in [0.25, 0.3) is 0 Å². The van der Waals surface area contributed by atoms with Crippen LogP contribution < -0.4 is 5.32 Å². The first-order chi connectivity index (χ1) is 9.29. The molecule has 0 aliphatic rings. The van der Waals surface area contributed by atoms with Crippen molar-refractivity contribution in [1.82, 2.24) is 20.5 Å². The second kappa shape index (κ2) is 7.28. The molecule has 0 saturated heterocycles. The SMILES string of the molecule is COCCNCc1ccccc1Sc1n[nH]c(C)n1. The van der Waals surface area contributed by atoms with E-state index in [1.165, 1.54) is 10.5 Å². The van der Waals surface area contributed by atoms with Gasteiger partial charge in [-0.2, -0.15) is 0 Å². The zero-order chi connectivity index (χ0) is 13.5. The van der Waals surface area contributed by atoms with Gasteiger partial charge in [0.25, 0.3) is 0 Å². The average molecular weight is 278 g/mol. The molecule has 2 aromatic rings. The van der Waals surface area contributed by atoms with Crippen LogP contribution in [0.3, 0.4) is 0 Å². The standard InChI is InChI=1S/C13H18N4OS/c1-10-15-13(17-16-10)19-12-6-4-3-5-11(12)9-14-7-8-18-2/h3-6,14H,7-9H2,1-2H3,(H,15,16,17). The number of hydrogen-bond donors (Lipinski definition) is 2. The Morgan fingerprint density at radius 2 is 2.21 bits per heavy atom. The molecule has 0 unspecified atom stereocenters. The van der Waals surface area contributed by atoms with Crippen molar-refractivity contribution in [3.63, 3.8) is 0 Å². The molecule has 1 aromatic heterocycles. The molecule has 0 aliphatic carbocycles. The van der Waals surface area contributed by atoms with Crippen LogP contribution in [0.4, 0.5) is 0 Å². The van der Waals surface area contributed by atoms with Gasteiger partial charge in [-0.15, -0.1) is 5.10 Å². The molecule has 0 spiro atoms. The summed E-state index contributed by atoms with van der Waals surface area (Å²) in [6, 6.07) is 8.27. The molecule has 0 radical (unpaired) electrons. The minimum atomic E-state index is 0.718. The summed E-state index contributed by atoms with van der Waals surface area (Å²) in [6.45, 7) is 4.27. The molecule has 102 valence electrons. The minimum Gasteiger partial charge on any atom is -0.383 e. The quantitative estimate of drug-likeness (QED) is 0.759. The topological polar surface area (TPSA) is 62.8 Å². The Hall–Kier alpha value is -1.37. The van der Waals surface area contributed by atoms with E-state index in [9.17, 15) is 0 Å². The number of hydrogen-bond acceptors (Lipinski definition) is 5. The van der Waals surface area contributed by atoms with Crippen LogP contribution in [-0.2, 0) is 11.3 Å². The molecule has 19 heavy (non-hydrogen) atoms. The van der Waals surface area contributed by atoms with E-state index in [0.29, 0.717) is 0 Å². The fourth-order valence-corrected chi connectivity index (χ4v) is 2.50. The lowest BCUT2D eigenvalue weighted by Crippen LogP contribution is -2.18. The van der Waals surface area contributed by atoms with E-state index in [4.69, 9.17) is 4.74 Å². The van der Waals surface area contributed by atoms with Crippen molar-refractivity contribution in [3.8, 4) is 0 Å². The molecule has 5 nitrogen and oxygen atoms in total. The van der Waals surface area contributed by atoms with Crippen molar-refractivity contribution in [2.45, 2.75) is 23.5 Å². The molecule has 2 rings (SSSR count). The predicted octanol–water partition coefficient (Wildman–Crippen LogP) is 2.00. The zero-order valence-corrected chi connectivity index (χ0v) is 12.0. The summed E-state index contributed by atoms with van der Waals surface area (Å²) < 4.78 is 5.02. The van der Waals surface area contributed by atoms with Gasteiger partial charge >= 0.3 is 0 Å². The minimum absolute atomic E-state index is 0.718. The smallest absolute Gasteiger partial charge is 0.213 e. The molecule has 0 atom stereocenters. The van der Waals surface area contributed by atoms with Crippen LogP contribution in [0, 0.1) is 6.92 Å². The number of rotatable bonds is 7. The lowest BCUT2D eigenvalue weighted by Gasteiger charge is -2.08. The Labute approximate surface area is 117 Å². The number of aromatic nitrogens is 3. The van der Waals surface area contributed by atoms with E-state index in [-0.39, 0.29) is 0 Å². The zero-order valence-electron chi connectivity index (χ0n) is 11.1. The van der Waals surface area contributed by atoms with Gasteiger partial charge in [0.2, 0.25) is 5.16 Å². The molecule has 2 N–H and O–H groups in total. The second-order valence-corrected chi connectivity index (χ2v) is 5.09. The number of ether oxygens (including phenoxy) is 1. The van der Waals surface area contributed by atoms with E-state index >= 15 is 0 Å². The third kappa shape index (κ3) is 4.34. The molecule has 0 saturated carbocycles. The largest absolute Gasteiger partial charge is 0.383 e. The van der Waals surface area contributed by atoms with Gasteiger partial charge in [-0.1, -0.05) is 18.2 Å². The summed E-state index contributed by atoms with van der Waals surface area (Å²) >= 11 is 1.57. The van der Waals surface area contributed by atoms with Crippen LogP contribution in [0.1, 0.15) is 11.4 Å². The molecule has 0 fully saturated rings. The van der Waals surface area contributed by atoms with Crippen LogP contribution in [0.2, 0.25) is 0 Å². The van der Waals surface area contributed by atoms with E-state index in [1.54, 1.807) is 18.9 Å². The van der Waals surface area contributed by atoms with Gasteiger partial charge in [0.15, 0.2) is 0 Å². The lowest BCUT2D eigenvalue weighted by molar-refractivity contribution is 0.199. The fraction of sp³-hybridized carbons (Fsp3) is 0.385. The number of aromatic amines is 1. The Balaban J connectivity index is 1.99. The molecule has 1 aromatic carbocycles.